The first-order chi connectivity index (χ1) is 13.8. The molecular formula is C17H10Br2Cl2F6N2O. The van der Waals surface area contributed by atoms with Gasteiger partial charge in [-0.2, -0.15) is 26.3 Å². The summed E-state index contributed by atoms with van der Waals surface area (Å²) < 4.78 is 76.9. The fraction of sp³-hybridized carbons (Fsp3) is 0.353. The molecule has 0 amide bonds. The van der Waals surface area contributed by atoms with Crippen molar-refractivity contribution in [3.63, 3.8) is 0 Å². The van der Waals surface area contributed by atoms with Gasteiger partial charge in [-0.05, 0) is 12.1 Å². The molecular weight excluding hydrogens is 593 g/mol. The lowest BCUT2D eigenvalue weighted by Gasteiger charge is -2.21. The topological polar surface area (TPSA) is 42.9 Å². The molecule has 0 aliphatic rings. The monoisotopic (exact) mass is 600 g/mol. The third kappa shape index (κ3) is 5.66. The van der Waals surface area contributed by atoms with Crippen LogP contribution in [0.1, 0.15) is 34.4 Å². The maximum absolute atomic E-state index is 13.1. The van der Waals surface area contributed by atoms with E-state index in [-0.39, 0.29) is 32.1 Å². The third-order valence-electron chi connectivity index (χ3n) is 4.05. The Morgan fingerprint density at radius 1 is 0.833 bits per heavy atom. The highest BCUT2D eigenvalue weighted by Gasteiger charge is 2.37. The fourth-order valence-corrected chi connectivity index (χ4v) is 4.38. The molecule has 0 radical (unpaired) electrons. The van der Waals surface area contributed by atoms with E-state index in [1.165, 1.54) is 0 Å². The van der Waals surface area contributed by atoms with E-state index in [1.807, 2.05) is 0 Å². The number of halogens is 10. The summed E-state index contributed by atoms with van der Waals surface area (Å²) in [6, 6.07) is 1.30. The van der Waals surface area contributed by atoms with Crippen LogP contribution in [-0.2, 0) is 17.1 Å². The zero-order valence-electron chi connectivity index (χ0n) is 14.5. The van der Waals surface area contributed by atoms with E-state index in [0.29, 0.717) is 24.5 Å². The van der Waals surface area contributed by atoms with Crippen molar-refractivity contribution >= 4 is 60.8 Å². The highest BCUT2D eigenvalue weighted by atomic mass is 79.9. The number of alkyl halides is 8. The predicted octanol–water partition coefficient (Wildman–Crippen LogP) is 7.05. The van der Waals surface area contributed by atoms with Gasteiger partial charge in [0.15, 0.2) is 5.78 Å². The molecule has 0 saturated carbocycles. The Hall–Kier alpha value is -0.910. The lowest BCUT2D eigenvalue weighted by Crippen LogP contribution is -2.25. The molecule has 2 aromatic heterocycles. The molecule has 2 rings (SSSR count). The van der Waals surface area contributed by atoms with E-state index in [4.69, 9.17) is 23.2 Å². The van der Waals surface area contributed by atoms with E-state index in [9.17, 15) is 31.1 Å². The number of carbonyl (C=O) groups excluding carboxylic acids is 1. The first-order valence-corrected chi connectivity index (χ1v) is 10.9. The minimum absolute atomic E-state index is 0.0499. The lowest BCUT2D eigenvalue weighted by atomic mass is 9.89. The molecule has 0 aliphatic carbocycles. The molecule has 0 saturated heterocycles. The molecule has 2 unspecified atom stereocenters. The van der Waals surface area contributed by atoms with E-state index in [0.717, 1.165) is 0 Å². The van der Waals surface area contributed by atoms with Crippen LogP contribution in [0.5, 0.6) is 0 Å². The van der Waals surface area contributed by atoms with Gasteiger partial charge in [-0.15, -0.1) is 0 Å². The number of carbonyl (C=O) groups is 1. The number of Topliss-reactive ketones (excluding diaryl/α,β-unsaturated/α-hetero) is 1. The fourth-order valence-electron chi connectivity index (χ4n) is 2.53. The SMILES string of the molecule is O=C(C(CBr)c1ncc(C(F)(F)F)cc1Cl)C(CBr)c1ncc(C(F)(F)F)cc1Cl. The molecule has 2 atom stereocenters. The predicted molar refractivity (Wildman–Crippen MR) is 107 cm³/mol. The number of pyridine rings is 2. The number of ketones is 1. The molecule has 2 aromatic rings. The van der Waals surface area contributed by atoms with Gasteiger partial charge in [-0.25, -0.2) is 0 Å². The van der Waals surface area contributed by atoms with Gasteiger partial charge in [-0.3, -0.25) is 14.8 Å². The Morgan fingerprint density at radius 3 is 1.40 bits per heavy atom. The van der Waals surface area contributed by atoms with Crippen molar-refractivity contribution in [1.82, 2.24) is 9.97 Å². The maximum atomic E-state index is 13.1. The average molecular weight is 603 g/mol. The minimum atomic E-state index is -4.67. The van der Waals surface area contributed by atoms with Crippen molar-refractivity contribution in [3.8, 4) is 0 Å². The number of hydrogen-bond donors (Lipinski definition) is 0. The van der Waals surface area contributed by atoms with Crippen LogP contribution in [0.2, 0.25) is 10.0 Å². The zero-order chi connectivity index (χ0) is 22.9. The largest absolute Gasteiger partial charge is 0.417 e. The summed E-state index contributed by atoms with van der Waals surface area (Å²) in [6.45, 7) is 0. The van der Waals surface area contributed by atoms with Gasteiger partial charge in [0.05, 0.1) is 44.4 Å². The maximum Gasteiger partial charge on any atom is 0.417 e. The Labute approximate surface area is 193 Å². The van der Waals surface area contributed by atoms with Crippen LogP contribution >= 0.6 is 55.1 Å². The molecule has 13 heteroatoms. The molecule has 164 valence electrons. The molecule has 3 nitrogen and oxygen atoms in total. The Bertz CT molecular complexity index is 866. The van der Waals surface area contributed by atoms with Crippen LogP contribution in [0, 0.1) is 0 Å². The van der Waals surface area contributed by atoms with Crippen molar-refractivity contribution in [2.45, 2.75) is 24.2 Å². The smallest absolute Gasteiger partial charge is 0.298 e. The quantitative estimate of drug-likeness (QED) is 0.263. The second-order valence-corrected chi connectivity index (χ2v) is 8.10. The highest BCUT2D eigenvalue weighted by Crippen LogP contribution is 2.38. The molecule has 30 heavy (non-hydrogen) atoms. The number of rotatable bonds is 6. The number of hydrogen-bond acceptors (Lipinski definition) is 3. The Balaban J connectivity index is 2.43. The van der Waals surface area contributed by atoms with Gasteiger partial charge in [0.1, 0.15) is 0 Å². The van der Waals surface area contributed by atoms with Crippen molar-refractivity contribution in [2.24, 2.45) is 0 Å². The summed E-state index contributed by atoms with van der Waals surface area (Å²) in [6.07, 6.45) is -8.23. The first kappa shape index (κ1) is 25.4. The van der Waals surface area contributed by atoms with Gasteiger partial charge in [0.2, 0.25) is 0 Å². The van der Waals surface area contributed by atoms with Crippen LogP contribution in [0.15, 0.2) is 24.5 Å². The number of nitrogens with zero attached hydrogens (tertiary/aromatic N) is 2. The molecule has 0 aliphatic heterocycles. The summed E-state index contributed by atoms with van der Waals surface area (Å²) in [5.41, 5.74) is -2.39. The minimum Gasteiger partial charge on any atom is -0.298 e. The average Bonchev–Trinajstić information content (AvgIpc) is 2.63. The summed E-state index contributed by atoms with van der Waals surface area (Å²) >= 11 is 18.1. The molecule has 2 heterocycles. The summed E-state index contributed by atoms with van der Waals surface area (Å²) in [4.78, 5) is 20.5. The van der Waals surface area contributed by atoms with Gasteiger partial charge in [0, 0.05) is 23.1 Å². The van der Waals surface area contributed by atoms with E-state index >= 15 is 0 Å². The van der Waals surface area contributed by atoms with E-state index in [1.54, 1.807) is 0 Å². The molecule has 0 N–H and O–H groups in total. The third-order valence-corrected chi connectivity index (χ3v) is 5.95. The summed E-state index contributed by atoms with van der Waals surface area (Å²) in [5.74, 6) is -2.78. The van der Waals surface area contributed by atoms with Crippen LogP contribution < -0.4 is 0 Å². The van der Waals surface area contributed by atoms with Crippen LogP contribution in [0.4, 0.5) is 26.3 Å². The molecule has 0 fully saturated rings. The lowest BCUT2D eigenvalue weighted by molar-refractivity contribution is -0.138. The van der Waals surface area contributed by atoms with Crippen molar-refractivity contribution in [1.29, 1.82) is 0 Å². The summed E-state index contributed by atoms with van der Waals surface area (Å²) in [5, 5.41) is -0.845. The van der Waals surface area contributed by atoms with Gasteiger partial charge >= 0.3 is 12.4 Å². The Morgan fingerprint density at radius 2 is 1.17 bits per heavy atom. The van der Waals surface area contributed by atoms with Gasteiger partial charge in [0.25, 0.3) is 0 Å². The van der Waals surface area contributed by atoms with Crippen LogP contribution in [0.3, 0.4) is 0 Å². The second-order valence-electron chi connectivity index (χ2n) is 5.99. The van der Waals surface area contributed by atoms with Crippen molar-refractivity contribution in [2.75, 3.05) is 10.7 Å². The molecule has 0 bridgehead atoms. The van der Waals surface area contributed by atoms with Crippen molar-refractivity contribution in [3.05, 3.63) is 57.1 Å². The van der Waals surface area contributed by atoms with Gasteiger partial charge in [-0.1, -0.05) is 55.1 Å². The Kier molecular flexibility index (Phi) is 8.20. The van der Waals surface area contributed by atoms with Crippen LogP contribution in [0.25, 0.3) is 0 Å². The molecule has 0 aromatic carbocycles. The van der Waals surface area contributed by atoms with Crippen molar-refractivity contribution < 1.29 is 31.1 Å². The van der Waals surface area contributed by atoms with E-state index < -0.39 is 41.1 Å². The second kappa shape index (κ2) is 9.70. The normalized spacial score (nSPS) is 14.5. The van der Waals surface area contributed by atoms with E-state index in [2.05, 4.69) is 41.8 Å². The van der Waals surface area contributed by atoms with Crippen LogP contribution in [-0.4, -0.2) is 26.4 Å². The highest BCUT2D eigenvalue weighted by molar-refractivity contribution is 9.09. The van der Waals surface area contributed by atoms with Gasteiger partial charge < -0.3 is 0 Å². The summed E-state index contributed by atoms with van der Waals surface area (Å²) in [7, 11) is 0. The standard InChI is InChI=1S/C17H10Br2Cl2F6N2O/c18-3-9(13-11(20)1-7(5-28-13)16(22,23)24)15(30)10(4-19)14-12(21)2-8(6-29-14)17(25,26)27/h1-2,5-6,9-10H,3-4H2. The number of aromatic nitrogens is 2. The zero-order valence-corrected chi connectivity index (χ0v) is 19.1. The molecule has 0 spiro atoms. The first-order valence-electron chi connectivity index (χ1n) is 7.92.